The van der Waals surface area contributed by atoms with E-state index in [-0.39, 0.29) is 11.8 Å². The van der Waals surface area contributed by atoms with Gasteiger partial charge in [0.2, 0.25) is 5.91 Å². The van der Waals surface area contributed by atoms with Gasteiger partial charge in [-0.15, -0.1) is 0 Å². The maximum atomic E-state index is 12.9. The van der Waals surface area contributed by atoms with Gasteiger partial charge in [-0.25, -0.2) is 0 Å². The molecule has 1 aromatic rings. The number of rotatable bonds is 3. The minimum Gasteiger partial charge on any atom is -0.481 e. The van der Waals surface area contributed by atoms with E-state index >= 15 is 0 Å². The van der Waals surface area contributed by atoms with E-state index in [9.17, 15) is 14.7 Å². The smallest absolute Gasteiger partial charge is 0.307 e. The third-order valence-electron chi connectivity index (χ3n) is 5.50. The van der Waals surface area contributed by atoms with Gasteiger partial charge < -0.3 is 14.9 Å². The van der Waals surface area contributed by atoms with Crippen LogP contribution in [-0.4, -0.2) is 48.1 Å². The minimum absolute atomic E-state index is 0.0227. The van der Waals surface area contributed by atoms with Crippen LogP contribution < -0.4 is 4.90 Å². The normalized spacial score (nSPS) is 24.2. The lowest BCUT2D eigenvalue weighted by molar-refractivity contribution is -0.152. The maximum absolute atomic E-state index is 12.9. The summed E-state index contributed by atoms with van der Waals surface area (Å²) >= 11 is 6.12. The first-order valence-corrected chi connectivity index (χ1v) is 9.38. The molecule has 2 fully saturated rings. The Bertz CT molecular complexity index is 656. The Morgan fingerprint density at radius 2 is 1.72 bits per heavy atom. The summed E-state index contributed by atoms with van der Waals surface area (Å²) in [5.74, 6) is -1.68. The van der Waals surface area contributed by atoms with Crippen LogP contribution in [0.15, 0.2) is 18.2 Å². The third kappa shape index (κ3) is 3.92. The third-order valence-corrected chi connectivity index (χ3v) is 5.74. The number of benzene rings is 1. The summed E-state index contributed by atoms with van der Waals surface area (Å²) in [6.45, 7) is 4.82. The fourth-order valence-corrected chi connectivity index (χ4v) is 4.21. The van der Waals surface area contributed by atoms with Crippen LogP contribution in [0.5, 0.6) is 0 Å². The van der Waals surface area contributed by atoms with E-state index in [1.165, 1.54) is 5.56 Å². The minimum atomic E-state index is -0.828. The number of anilines is 1. The number of carbonyl (C=O) groups is 2. The predicted molar refractivity (Wildman–Crippen MR) is 98.1 cm³/mol. The Hall–Kier alpha value is -1.75. The molecule has 6 heteroatoms. The molecule has 0 unspecified atom stereocenters. The molecule has 5 nitrogen and oxygen atoms in total. The second-order valence-corrected chi connectivity index (χ2v) is 7.52. The van der Waals surface area contributed by atoms with Crippen molar-refractivity contribution in [3.05, 3.63) is 28.8 Å². The van der Waals surface area contributed by atoms with Gasteiger partial charge in [0, 0.05) is 36.9 Å². The van der Waals surface area contributed by atoms with Crippen LogP contribution in [0.25, 0.3) is 0 Å². The molecule has 1 aliphatic carbocycles. The van der Waals surface area contributed by atoms with E-state index in [0.717, 1.165) is 31.6 Å². The lowest BCUT2D eigenvalue weighted by Crippen LogP contribution is -2.52. The van der Waals surface area contributed by atoms with Crippen molar-refractivity contribution in [2.24, 2.45) is 11.8 Å². The average Bonchev–Trinajstić information content (AvgIpc) is 2.63. The second kappa shape index (κ2) is 7.65. The topological polar surface area (TPSA) is 60.9 Å². The average molecular weight is 365 g/mol. The largest absolute Gasteiger partial charge is 0.481 e. The SMILES string of the molecule is Cc1ccc(Cl)cc1N1CCN(C(=O)[C@H]2CCCC[C@@H]2C(=O)O)CC1. The Morgan fingerprint density at radius 1 is 1.08 bits per heavy atom. The number of carbonyl (C=O) groups excluding carboxylic acids is 1. The molecule has 0 radical (unpaired) electrons. The van der Waals surface area contributed by atoms with Gasteiger partial charge in [0.1, 0.15) is 0 Å². The number of carboxylic acid groups (broad SMARTS) is 1. The number of amides is 1. The second-order valence-electron chi connectivity index (χ2n) is 7.08. The number of aliphatic carboxylic acids is 1. The Morgan fingerprint density at radius 3 is 2.36 bits per heavy atom. The van der Waals surface area contributed by atoms with E-state index in [2.05, 4.69) is 11.8 Å². The first-order chi connectivity index (χ1) is 12.0. The van der Waals surface area contributed by atoms with Crippen LogP contribution >= 0.6 is 11.6 Å². The van der Waals surface area contributed by atoms with Gasteiger partial charge in [-0.2, -0.15) is 0 Å². The monoisotopic (exact) mass is 364 g/mol. The molecule has 1 saturated heterocycles. The lowest BCUT2D eigenvalue weighted by Gasteiger charge is -2.39. The summed E-state index contributed by atoms with van der Waals surface area (Å²) in [6, 6.07) is 5.86. The molecule has 25 heavy (non-hydrogen) atoms. The van der Waals surface area contributed by atoms with Crippen molar-refractivity contribution in [2.45, 2.75) is 32.6 Å². The van der Waals surface area contributed by atoms with Crippen molar-refractivity contribution >= 4 is 29.2 Å². The van der Waals surface area contributed by atoms with Crippen LogP contribution in [0.1, 0.15) is 31.2 Å². The molecular formula is C19H25ClN2O3. The standard InChI is InChI=1S/C19H25ClN2O3/c1-13-6-7-14(20)12-17(13)21-8-10-22(11-9-21)18(23)15-4-2-3-5-16(15)19(24)25/h6-7,12,15-16H,2-5,8-11H2,1H3,(H,24,25)/t15-,16-/m0/s1. The summed E-state index contributed by atoms with van der Waals surface area (Å²) in [4.78, 5) is 28.4. The molecule has 0 spiro atoms. The number of aryl methyl sites for hydroxylation is 1. The zero-order chi connectivity index (χ0) is 18.0. The molecule has 1 heterocycles. The number of piperazine rings is 1. The zero-order valence-electron chi connectivity index (χ0n) is 14.6. The van der Waals surface area contributed by atoms with Gasteiger partial charge in [-0.1, -0.05) is 30.5 Å². The predicted octanol–water partition coefficient (Wildman–Crippen LogP) is 3.19. The Labute approximate surface area is 153 Å². The van der Waals surface area contributed by atoms with Crippen molar-refractivity contribution in [3.63, 3.8) is 0 Å². The van der Waals surface area contributed by atoms with Gasteiger partial charge in [0.25, 0.3) is 0 Å². The van der Waals surface area contributed by atoms with Gasteiger partial charge in [-0.05, 0) is 37.5 Å². The van der Waals surface area contributed by atoms with Gasteiger partial charge >= 0.3 is 5.97 Å². The number of carboxylic acids is 1. The molecule has 1 aromatic carbocycles. The summed E-state index contributed by atoms with van der Waals surface area (Å²) in [5, 5.41) is 10.1. The molecule has 1 amide bonds. The zero-order valence-corrected chi connectivity index (χ0v) is 15.3. The molecule has 2 aliphatic rings. The molecule has 3 rings (SSSR count). The van der Waals surface area contributed by atoms with E-state index in [1.54, 1.807) is 0 Å². The van der Waals surface area contributed by atoms with Crippen molar-refractivity contribution in [1.29, 1.82) is 0 Å². The Kier molecular flexibility index (Phi) is 5.52. The number of nitrogens with zero attached hydrogens (tertiary/aromatic N) is 2. The highest BCUT2D eigenvalue weighted by Crippen LogP contribution is 2.32. The number of hydrogen-bond donors (Lipinski definition) is 1. The van der Waals surface area contributed by atoms with E-state index in [1.807, 2.05) is 23.1 Å². The molecule has 1 saturated carbocycles. The first-order valence-electron chi connectivity index (χ1n) is 9.00. The number of hydrogen-bond acceptors (Lipinski definition) is 3. The first kappa shape index (κ1) is 18.1. The van der Waals surface area contributed by atoms with E-state index in [4.69, 9.17) is 11.6 Å². The molecular weight excluding hydrogens is 340 g/mol. The van der Waals surface area contributed by atoms with Crippen molar-refractivity contribution < 1.29 is 14.7 Å². The lowest BCUT2D eigenvalue weighted by atomic mass is 9.78. The molecule has 0 aromatic heterocycles. The number of halogens is 1. The van der Waals surface area contributed by atoms with Crippen molar-refractivity contribution in [1.82, 2.24) is 4.90 Å². The van der Waals surface area contributed by atoms with E-state index < -0.39 is 11.9 Å². The highest BCUT2D eigenvalue weighted by atomic mass is 35.5. The maximum Gasteiger partial charge on any atom is 0.307 e. The molecule has 0 bridgehead atoms. The van der Waals surface area contributed by atoms with E-state index in [0.29, 0.717) is 31.0 Å². The van der Waals surface area contributed by atoms with Crippen LogP contribution in [0.2, 0.25) is 5.02 Å². The molecule has 2 atom stereocenters. The highest BCUT2D eigenvalue weighted by molar-refractivity contribution is 6.30. The fraction of sp³-hybridized carbons (Fsp3) is 0.579. The molecule has 1 N–H and O–H groups in total. The van der Waals surface area contributed by atoms with Gasteiger partial charge in [0.05, 0.1) is 11.8 Å². The fourth-order valence-electron chi connectivity index (χ4n) is 4.05. The van der Waals surface area contributed by atoms with Crippen molar-refractivity contribution in [3.8, 4) is 0 Å². The van der Waals surface area contributed by atoms with Crippen LogP contribution in [0, 0.1) is 18.8 Å². The van der Waals surface area contributed by atoms with Crippen molar-refractivity contribution in [2.75, 3.05) is 31.1 Å². The van der Waals surface area contributed by atoms with Gasteiger partial charge in [0.15, 0.2) is 0 Å². The van der Waals surface area contributed by atoms with Crippen LogP contribution in [0.4, 0.5) is 5.69 Å². The summed E-state index contributed by atoms with van der Waals surface area (Å²) < 4.78 is 0. The Balaban J connectivity index is 1.64. The molecule has 1 aliphatic heterocycles. The quantitative estimate of drug-likeness (QED) is 0.894. The summed E-state index contributed by atoms with van der Waals surface area (Å²) in [6.07, 6.45) is 3.17. The van der Waals surface area contributed by atoms with Crippen LogP contribution in [-0.2, 0) is 9.59 Å². The highest BCUT2D eigenvalue weighted by Gasteiger charge is 2.38. The summed E-state index contributed by atoms with van der Waals surface area (Å²) in [7, 11) is 0. The molecule has 136 valence electrons. The van der Waals surface area contributed by atoms with Gasteiger partial charge in [-0.3, -0.25) is 9.59 Å². The van der Waals surface area contributed by atoms with Crippen LogP contribution in [0.3, 0.4) is 0 Å². The summed E-state index contributed by atoms with van der Waals surface area (Å²) in [5.41, 5.74) is 2.28.